The average molecular weight is 811 g/mol. The first-order valence-corrected chi connectivity index (χ1v) is 23.2. The number of ether oxygens (including phenoxy) is 4. The summed E-state index contributed by atoms with van der Waals surface area (Å²) in [7, 11) is -2.36. The highest BCUT2D eigenvalue weighted by atomic mass is 32.1. The van der Waals surface area contributed by atoms with Crippen molar-refractivity contribution in [2.45, 2.75) is 145 Å². The summed E-state index contributed by atoms with van der Waals surface area (Å²) in [5.41, 5.74) is 0.985. The monoisotopic (exact) mass is 810 g/mol. The SMILES string of the molecule is Cc1ccc([C@@H]2O[C@H](CO[Si](C)(C)C(C)(C)C)[C@@H](OC(=O)C(C)(C)C)[C@H](OC(=O)C(C)(C)C)[C@H]2OC(=O)C(C)(C)C)cc1Cc1ccc(-c2ccc(F)cc2)s1. The smallest absolute Gasteiger partial charge is 0.311 e. The third-order valence-corrected chi connectivity index (χ3v) is 16.1. The lowest BCUT2D eigenvalue weighted by molar-refractivity contribution is -0.260. The number of thiophene rings is 1. The predicted octanol–water partition coefficient (Wildman–Crippen LogP) is 10.8. The van der Waals surface area contributed by atoms with Gasteiger partial charge in [0.25, 0.3) is 0 Å². The lowest BCUT2D eigenvalue weighted by Crippen LogP contribution is -2.61. The summed E-state index contributed by atoms with van der Waals surface area (Å²) in [4.78, 5) is 43.5. The van der Waals surface area contributed by atoms with Crippen molar-refractivity contribution in [3.63, 3.8) is 0 Å². The summed E-state index contributed by atoms with van der Waals surface area (Å²) in [5.74, 6) is -1.87. The van der Waals surface area contributed by atoms with E-state index in [2.05, 4.69) is 39.9 Å². The third kappa shape index (κ3) is 11.2. The van der Waals surface area contributed by atoms with Crippen LogP contribution in [0.15, 0.2) is 54.6 Å². The number of halogens is 1. The highest BCUT2D eigenvalue weighted by molar-refractivity contribution is 7.15. The Morgan fingerprint density at radius 3 is 1.75 bits per heavy atom. The van der Waals surface area contributed by atoms with Crippen LogP contribution in [-0.4, -0.2) is 57.2 Å². The Kier molecular flexibility index (Phi) is 13.6. The van der Waals surface area contributed by atoms with Crippen molar-refractivity contribution in [3.8, 4) is 10.4 Å². The van der Waals surface area contributed by atoms with Crippen molar-refractivity contribution in [2.24, 2.45) is 16.2 Å². The maximum atomic E-state index is 13.8. The van der Waals surface area contributed by atoms with Crippen LogP contribution in [0.1, 0.15) is 111 Å². The zero-order chi connectivity index (χ0) is 42.2. The highest BCUT2D eigenvalue weighted by Gasteiger charge is 2.55. The van der Waals surface area contributed by atoms with Crippen molar-refractivity contribution in [1.29, 1.82) is 0 Å². The van der Waals surface area contributed by atoms with E-state index in [9.17, 15) is 18.8 Å². The molecule has 1 aliphatic rings. The Balaban J connectivity index is 1.87. The van der Waals surface area contributed by atoms with Crippen LogP contribution in [0.25, 0.3) is 10.4 Å². The topological polar surface area (TPSA) is 97.4 Å². The van der Waals surface area contributed by atoms with Gasteiger partial charge >= 0.3 is 17.9 Å². The zero-order valence-corrected chi connectivity index (χ0v) is 37.9. The molecule has 8 nitrogen and oxygen atoms in total. The summed E-state index contributed by atoms with van der Waals surface area (Å²) in [6.07, 6.45) is -4.77. The third-order valence-electron chi connectivity index (χ3n) is 10.5. The summed E-state index contributed by atoms with van der Waals surface area (Å²) < 4.78 is 46.3. The number of carbonyl (C=O) groups is 3. The van der Waals surface area contributed by atoms with Crippen LogP contribution in [-0.2, 0) is 44.2 Å². The van der Waals surface area contributed by atoms with E-state index in [-0.39, 0.29) is 17.5 Å². The van der Waals surface area contributed by atoms with Crippen molar-refractivity contribution in [1.82, 2.24) is 0 Å². The molecule has 0 bridgehead atoms. The van der Waals surface area contributed by atoms with Gasteiger partial charge in [0.1, 0.15) is 18.0 Å². The maximum absolute atomic E-state index is 13.8. The van der Waals surface area contributed by atoms with Gasteiger partial charge in [-0.1, -0.05) is 51.1 Å². The van der Waals surface area contributed by atoms with Gasteiger partial charge in [0.05, 0.1) is 22.9 Å². The van der Waals surface area contributed by atoms with E-state index in [1.54, 1.807) is 85.8 Å². The van der Waals surface area contributed by atoms with E-state index in [4.69, 9.17) is 23.4 Å². The summed E-state index contributed by atoms with van der Waals surface area (Å²) >= 11 is 1.64. The number of carbonyl (C=O) groups excluding carboxylic acids is 3. The van der Waals surface area contributed by atoms with Gasteiger partial charge in [0, 0.05) is 16.2 Å². The first kappa shape index (κ1) is 45.3. The summed E-state index contributed by atoms with van der Waals surface area (Å²) in [6.45, 7) is 28.5. The van der Waals surface area contributed by atoms with Gasteiger partial charge in [-0.15, -0.1) is 11.3 Å². The molecule has 0 aliphatic carbocycles. The first-order chi connectivity index (χ1) is 25.6. The largest absolute Gasteiger partial charge is 0.455 e. The molecule has 0 spiro atoms. The molecule has 0 radical (unpaired) electrons. The lowest BCUT2D eigenvalue weighted by Gasteiger charge is -2.47. The Morgan fingerprint density at radius 1 is 0.714 bits per heavy atom. The molecule has 1 fully saturated rings. The van der Waals surface area contributed by atoms with Gasteiger partial charge in [0.15, 0.2) is 26.6 Å². The standard InChI is InChI=1S/C45H63FO8SSi/c1-27-16-17-29(24-30(27)25-32-22-23-34(55-32)28-18-20-31(46)21-19-28)35-37(53-40(48)43(5,6)7)38(54-41(49)44(8,9)10)36(52-39(47)42(2,3)4)33(51-35)26-50-56(14,15)45(11,12)13/h16-24,33,35-38H,25-26H2,1-15H3/t33-,35+,36-,37+,38+/m1/s1. The lowest BCUT2D eigenvalue weighted by atomic mass is 9.87. The van der Waals surface area contributed by atoms with Gasteiger partial charge < -0.3 is 23.4 Å². The molecule has 0 saturated carbocycles. The molecule has 2 aromatic carbocycles. The predicted molar refractivity (Wildman–Crippen MR) is 222 cm³/mol. The van der Waals surface area contributed by atoms with E-state index in [0.29, 0.717) is 12.0 Å². The Hall–Kier alpha value is -3.38. The fourth-order valence-electron chi connectivity index (χ4n) is 5.62. The molecule has 0 unspecified atom stereocenters. The molecule has 1 saturated heterocycles. The average Bonchev–Trinajstić information content (AvgIpc) is 3.53. The van der Waals surface area contributed by atoms with Crippen LogP contribution in [0.3, 0.4) is 0 Å². The highest BCUT2D eigenvalue weighted by Crippen LogP contribution is 2.43. The second kappa shape index (κ2) is 16.8. The quantitative estimate of drug-likeness (QED) is 0.113. The number of rotatable bonds is 10. The molecule has 11 heteroatoms. The van der Waals surface area contributed by atoms with Crippen molar-refractivity contribution in [2.75, 3.05) is 6.61 Å². The number of hydrogen-bond donors (Lipinski definition) is 0. The molecule has 3 aromatic rings. The van der Waals surface area contributed by atoms with Gasteiger partial charge in [-0.3, -0.25) is 14.4 Å². The molecule has 4 rings (SSSR count). The minimum Gasteiger partial charge on any atom is -0.455 e. The first-order valence-electron chi connectivity index (χ1n) is 19.5. The molecule has 308 valence electrons. The second-order valence-electron chi connectivity index (χ2n) is 19.7. The van der Waals surface area contributed by atoms with Gasteiger partial charge in [-0.25, -0.2) is 4.39 Å². The molecule has 2 heterocycles. The van der Waals surface area contributed by atoms with Crippen molar-refractivity contribution < 1.29 is 42.1 Å². The summed E-state index contributed by atoms with van der Waals surface area (Å²) in [5, 5.41) is -0.133. The summed E-state index contributed by atoms with van der Waals surface area (Å²) in [6, 6.07) is 16.6. The van der Waals surface area contributed by atoms with Crippen LogP contribution >= 0.6 is 11.3 Å². The van der Waals surface area contributed by atoms with Gasteiger partial charge in [-0.2, -0.15) is 0 Å². The Morgan fingerprint density at radius 2 is 1.23 bits per heavy atom. The fraction of sp³-hybridized carbons (Fsp3) is 0.578. The molecule has 56 heavy (non-hydrogen) atoms. The molecular weight excluding hydrogens is 748 g/mol. The normalized spacial score (nSPS) is 21.0. The van der Waals surface area contributed by atoms with Crippen LogP contribution in [0.5, 0.6) is 0 Å². The minimum absolute atomic E-state index is 0.0542. The minimum atomic E-state index is -2.36. The maximum Gasteiger partial charge on any atom is 0.311 e. The van der Waals surface area contributed by atoms with Crippen LogP contribution in [0.2, 0.25) is 18.1 Å². The van der Waals surface area contributed by atoms with Crippen molar-refractivity contribution in [3.05, 3.63) is 82.0 Å². The Bertz CT molecular complexity index is 1860. The number of aryl methyl sites for hydroxylation is 1. The van der Waals surface area contributed by atoms with E-state index < -0.39 is 73.0 Å². The van der Waals surface area contributed by atoms with E-state index >= 15 is 0 Å². The molecule has 0 amide bonds. The number of esters is 3. The second-order valence-corrected chi connectivity index (χ2v) is 25.6. The number of benzene rings is 2. The molecular formula is C45H63FO8SSi. The molecule has 0 N–H and O–H groups in total. The fourth-order valence-corrected chi connectivity index (χ4v) is 7.67. The molecule has 1 aromatic heterocycles. The van der Waals surface area contributed by atoms with Crippen LogP contribution in [0.4, 0.5) is 4.39 Å². The molecule has 5 atom stereocenters. The van der Waals surface area contributed by atoms with E-state index in [1.807, 2.05) is 31.2 Å². The van der Waals surface area contributed by atoms with Gasteiger partial charge in [-0.05, 0) is 134 Å². The number of hydrogen-bond acceptors (Lipinski definition) is 9. The van der Waals surface area contributed by atoms with Crippen LogP contribution < -0.4 is 0 Å². The van der Waals surface area contributed by atoms with E-state index in [0.717, 1.165) is 26.4 Å². The zero-order valence-electron chi connectivity index (χ0n) is 36.0. The van der Waals surface area contributed by atoms with Gasteiger partial charge in [0.2, 0.25) is 0 Å². The van der Waals surface area contributed by atoms with Crippen molar-refractivity contribution >= 4 is 37.6 Å². The van der Waals surface area contributed by atoms with Crippen LogP contribution in [0, 0.1) is 29.0 Å². The Labute approximate surface area is 338 Å². The van der Waals surface area contributed by atoms with E-state index in [1.165, 1.54) is 12.1 Å². The molecule has 1 aliphatic heterocycles.